The van der Waals surface area contributed by atoms with E-state index in [9.17, 15) is 19.2 Å². The normalized spacial score (nSPS) is 18.5. The molecule has 1 saturated heterocycles. The Morgan fingerprint density at radius 2 is 1.66 bits per heavy atom. The second-order valence-electron chi connectivity index (χ2n) is 14.4. The number of fused-ring (bicyclic) bond motifs is 1. The number of Topliss-reactive ketones (excluding diaryl/α,β-unsaturated/α-hetero) is 1. The maximum absolute atomic E-state index is 14.6. The molecule has 1 aliphatic carbocycles. The third kappa shape index (κ3) is 11.3. The van der Waals surface area contributed by atoms with Crippen LogP contribution in [0.25, 0.3) is 17.2 Å². The van der Waals surface area contributed by atoms with E-state index in [4.69, 9.17) is 31.2 Å². The number of amides is 3. The minimum atomic E-state index is -1.04. The first kappa shape index (κ1) is 40.6. The van der Waals surface area contributed by atoms with Gasteiger partial charge in [-0.2, -0.15) is 0 Å². The fraction of sp³-hybridized carbons (Fsp3) is 0.419. The summed E-state index contributed by atoms with van der Waals surface area (Å²) in [6.07, 6.45) is 8.69. The topological polar surface area (TPSA) is 166 Å². The smallest absolute Gasteiger partial charge is 0.408 e. The van der Waals surface area contributed by atoms with Gasteiger partial charge in [0.05, 0.1) is 18.8 Å². The number of nitrogens with zero attached hydrogens (tertiary/aromatic N) is 2. The number of rotatable bonds is 17. The molecule has 0 unspecified atom stereocenters. The van der Waals surface area contributed by atoms with Gasteiger partial charge in [-0.15, -0.1) is 0 Å². The molecule has 1 saturated carbocycles. The molecule has 0 spiro atoms. The van der Waals surface area contributed by atoms with Crippen molar-refractivity contribution in [2.45, 2.75) is 101 Å². The zero-order valence-electron chi connectivity index (χ0n) is 31.4. The highest BCUT2D eigenvalue weighted by Gasteiger charge is 2.43. The van der Waals surface area contributed by atoms with Gasteiger partial charge in [0.25, 0.3) is 5.89 Å². The summed E-state index contributed by atoms with van der Waals surface area (Å²) in [6.45, 7) is 0.733. The van der Waals surface area contributed by atoms with E-state index < -0.39 is 47.9 Å². The number of halogens is 1. The minimum Gasteiger partial charge on any atom is -0.446 e. The number of hydrogen-bond donors (Lipinski definition) is 3. The molecule has 2 fully saturated rings. The van der Waals surface area contributed by atoms with Crippen molar-refractivity contribution in [1.29, 1.82) is 0 Å². The fourth-order valence-electron chi connectivity index (χ4n) is 7.20. The van der Waals surface area contributed by atoms with Crippen LogP contribution in [0.15, 0.2) is 89.4 Å². The number of hydrogen-bond acceptors (Lipinski definition) is 9. The fourth-order valence-corrected chi connectivity index (χ4v) is 7.32. The van der Waals surface area contributed by atoms with Crippen molar-refractivity contribution in [3.63, 3.8) is 0 Å². The van der Waals surface area contributed by atoms with E-state index in [1.54, 1.807) is 36.4 Å². The van der Waals surface area contributed by atoms with Crippen LogP contribution in [0, 0.1) is 0 Å². The van der Waals surface area contributed by atoms with E-state index in [1.807, 2.05) is 54.6 Å². The van der Waals surface area contributed by atoms with Crippen LogP contribution in [0.3, 0.4) is 0 Å². The van der Waals surface area contributed by atoms with E-state index in [-0.39, 0.29) is 38.0 Å². The molecule has 56 heavy (non-hydrogen) atoms. The molecule has 296 valence electrons. The van der Waals surface area contributed by atoms with Gasteiger partial charge in [-0.05, 0) is 93.3 Å². The number of alkyl carbamates (subject to hydrolysis) is 1. The number of unbranched alkanes of at least 4 members (excludes halogenated alkanes) is 1. The van der Waals surface area contributed by atoms with Crippen molar-refractivity contribution < 1.29 is 33.1 Å². The maximum atomic E-state index is 14.6. The van der Waals surface area contributed by atoms with E-state index >= 15 is 0 Å². The van der Waals surface area contributed by atoms with Crippen LogP contribution in [0.1, 0.15) is 86.0 Å². The van der Waals surface area contributed by atoms with Crippen molar-refractivity contribution >= 4 is 52.5 Å². The number of oxazole rings is 1. The highest BCUT2D eigenvalue weighted by molar-refractivity contribution is 6.30. The molecule has 2 aliphatic rings. The third-order valence-corrected chi connectivity index (χ3v) is 10.5. The monoisotopic (exact) mass is 783 g/mol. The first-order valence-corrected chi connectivity index (χ1v) is 19.9. The van der Waals surface area contributed by atoms with Crippen LogP contribution in [-0.4, -0.2) is 77.0 Å². The van der Waals surface area contributed by atoms with Gasteiger partial charge in [-0.25, -0.2) is 9.78 Å². The SMILES string of the molecule is NCCCC[C@H](NC(=O)[C@@H]1C[C@@H](OCc2ccc(Cl)cc2)CN1C(=O)[C@@H](C/C=C/c1ccccc1)NC(=O)OC1CCCCC1)C(=O)c1nc2ccccc2o1. The molecule has 6 rings (SSSR count). The van der Waals surface area contributed by atoms with Crippen LogP contribution in [0.5, 0.6) is 0 Å². The molecule has 1 aromatic heterocycles. The summed E-state index contributed by atoms with van der Waals surface area (Å²) in [5, 5.41) is 6.34. The summed E-state index contributed by atoms with van der Waals surface area (Å²) in [6, 6.07) is 20.9. The molecular formula is C43H50ClN5O7. The number of benzene rings is 3. The summed E-state index contributed by atoms with van der Waals surface area (Å²) < 4.78 is 17.8. The zero-order valence-corrected chi connectivity index (χ0v) is 32.2. The van der Waals surface area contributed by atoms with E-state index in [0.29, 0.717) is 41.9 Å². The molecule has 0 radical (unpaired) electrons. The summed E-state index contributed by atoms with van der Waals surface area (Å²) in [4.78, 5) is 61.9. The van der Waals surface area contributed by atoms with Crippen molar-refractivity contribution in [3.05, 3.63) is 107 Å². The Morgan fingerprint density at radius 1 is 0.911 bits per heavy atom. The number of carbonyl (C=O) groups excluding carboxylic acids is 4. The lowest BCUT2D eigenvalue weighted by atomic mass is 9.98. The summed E-state index contributed by atoms with van der Waals surface area (Å²) in [7, 11) is 0. The lowest BCUT2D eigenvalue weighted by Crippen LogP contribution is -2.55. The van der Waals surface area contributed by atoms with Gasteiger partial charge in [0.15, 0.2) is 5.58 Å². The zero-order chi connectivity index (χ0) is 39.3. The van der Waals surface area contributed by atoms with Crippen LogP contribution in [0.4, 0.5) is 4.79 Å². The van der Waals surface area contributed by atoms with Gasteiger partial charge < -0.3 is 35.2 Å². The van der Waals surface area contributed by atoms with Gasteiger partial charge >= 0.3 is 6.09 Å². The Balaban J connectivity index is 1.24. The molecule has 3 aromatic carbocycles. The Kier molecular flexibility index (Phi) is 14.7. The highest BCUT2D eigenvalue weighted by atomic mass is 35.5. The van der Waals surface area contributed by atoms with Gasteiger partial charge in [0, 0.05) is 18.0 Å². The number of likely N-dealkylation sites (tertiary alicyclic amines) is 1. The predicted octanol–water partition coefficient (Wildman–Crippen LogP) is 7.00. The van der Waals surface area contributed by atoms with Crippen LogP contribution in [0.2, 0.25) is 5.02 Å². The molecule has 0 bridgehead atoms. The van der Waals surface area contributed by atoms with Crippen LogP contribution >= 0.6 is 11.6 Å². The van der Waals surface area contributed by atoms with Gasteiger partial charge in [-0.1, -0.05) is 84.8 Å². The number of nitrogens with one attached hydrogen (secondary N) is 2. The number of ketones is 1. The predicted molar refractivity (Wildman–Crippen MR) is 214 cm³/mol. The quantitative estimate of drug-likeness (QED) is 0.0756. The number of para-hydroxylation sites is 2. The molecular weight excluding hydrogens is 734 g/mol. The molecule has 3 amide bonds. The minimum absolute atomic E-state index is 0.0830. The number of aromatic nitrogens is 1. The summed E-state index contributed by atoms with van der Waals surface area (Å²) in [5.74, 6) is -1.58. The average Bonchev–Trinajstić information content (AvgIpc) is 3.85. The van der Waals surface area contributed by atoms with Gasteiger partial charge in [-0.3, -0.25) is 14.4 Å². The first-order valence-electron chi connectivity index (χ1n) is 19.5. The summed E-state index contributed by atoms with van der Waals surface area (Å²) >= 11 is 6.09. The first-order chi connectivity index (χ1) is 27.3. The molecule has 13 heteroatoms. The largest absolute Gasteiger partial charge is 0.446 e. The number of nitrogens with two attached hydrogens (primary N) is 1. The van der Waals surface area contributed by atoms with Gasteiger partial charge in [0.2, 0.25) is 17.6 Å². The standard InChI is InChI=1S/C43H50ClN5O7/c44-31-23-21-30(22-24-31)28-54-33-26-37(40(51)46-35(18-9-10-25-45)39(50)41-47-34-17-7-8-20-38(34)56-41)49(27-33)42(52)36(19-11-14-29-12-3-1-4-13-29)48-43(53)55-32-15-5-2-6-16-32/h1,3-4,7-8,11-14,17,20-24,32-33,35-37H,2,5-6,9-10,15-16,18-19,25-28,45H2,(H,46,51)(H,48,53)/b14-11+/t33-,35+,36-,37+/m1/s1. The van der Waals surface area contributed by atoms with Crippen molar-refractivity contribution in [2.24, 2.45) is 5.73 Å². The summed E-state index contributed by atoms with van der Waals surface area (Å²) in [5.41, 5.74) is 8.56. The Labute approximate surface area is 332 Å². The molecule has 12 nitrogen and oxygen atoms in total. The van der Waals surface area contributed by atoms with Crippen molar-refractivity contribution in [1.82, 2.24) is 20.5 Å². The third-order valence-electron chi connectivity index (χ3n) is 10.2. The lowest BCUT2D eigenvalue weighted by molar-refractivity contribution is -0.140. The van der Waals surface area contributed by atoms with Crippen LogP contribution < -0.4 is 16.4 Å². The Morgan fingerprint density at radius 3 is 2.41 bits per heavy atom. The van der Waals surface area contributed by atoms with Gasteiger partial charge in [0.1, 0.15) is 23.7 Å². The van der Waals surface area contributed by atoms with Crippen molar-refractivity contribution in [3.8, 4) is 0 Å². The number of carbonyl (C=O) groups is 4. The lowest BCUT2D eigenvalue weighted by Gasteiger charge is -2.29. The molecule has 4 atom stereocenters. The second kappa shape index (κ2) is 20.2. The van der Waals surface area contributed by atoms with E-state index in [0.717, 1.165) is 43.2 Å². The van der Waals surface area contributed by atoms with Crippen molar-refractivity contribution in [2.75, 3.05) is 13.1 Å². The molecule has 4 N–H and O–H groups in total. The number of ether oxygens (including phenoxy) is 2. The maximum Gasteiger partial charge on any atom is 0.408 e. The average molecular weight is 784 g/mol. The molecule has 4 aromatic rings. The second-order valence-corrected chi connectivity index (χ2v) is 14.8. The van der Waals surface area contributed by atoms with E-state index in [2.05, 4.69) is 15.6 Å². The van der Waals surface area contributed by atoms with E-state index in [1.165, 1.54) is 4.90 Å². The Hall–Kier alpha value is -5.04. The molecule has 1 aliphatic heterocycles. The van der Waals surface area contributed by atoms with Crippen LogP contribution in [-0.2, 0) is 25.7 Å². The molecule has 2 heterocycles. The Bertz CT molecular complexity index is 1910. The highest BCUT2D eigenvalue weighted by Crippen LogP contribution is 2.26.